The zero-order chi connectivity index (χ0) is 11.2. The average molecular weight is 219 g/mol. The van der Waals surface area contributed by atoms with Gasteiger partial charge in [0.25, 0.3) is 0 Å². The van der Waals surface area contributed by atoms with Crippen LogP contribution in [0, 0.1) is 5.92 Å². The SMILES string of the molecule is CCNC(CC1CCCC1)c1ccnnc1. The molecule has 1 aliphatic carbocycles. The van der Waals surface area contributed by atoms with Gasteiger partial charge in [-0.25, -0.2) is 0 Å². The van der Waals surface area contributed by atoms with Gasteiger partial charge in [-0.3, -0.25) is 0 Å². The largest absolute Gasteiger partial charge is 0.310 e. The molecule has 1 N–H and O–H groups in total. The molecule has 1 fully saturated rings. The lowest BCUT2D eigenvalue weighted by Gasteiger charge is -2.21. The van der Waals surface area contributed by atoms with Crippen LogP contribution in [0.3, 0.4) is 0 Å². The van der Waals surface area contributed by atoms with Gasteiger partial charge in [0.1, 0.15) is 0 Å². The highest BCUT2D eigenvalue weighted by Crippen LogP contribution is 2.32. The van der Waals surface area contributed by atoms with Crippen molar-refractivity contribution >= 4 is 0 Å². The van der Waals surface area contributed by atoms with Gasteiger partial charge in [-0.05, 0) is 30.5 Å². The molecule has 1 aliphatic rings. The van der Waals surface area contributed by atoms with Gasteiger partial charge in [0.05, 0.1) is 6.20 Å². The molecule has 1 aromatic rings. The fourth-order valence-electron chi connectivity index (χ4n) is 2.67. The third-order valence-electron chi connectivity index (χ3n) is 3.50. The zero-order valence-corrected chi connectivity index (χ0v) is 10.0. The summed E-state index contributed by atoms with van der Waals surface area (Å²) in [6, 6.07) is 2.54. The summed E-state index contributed by atoms with van der Waals surface area (Å²) in [4.78, 5) is 0. The topological polar surface area (TPSA) is 37.8 Å². The Morgan fingerprint density at radius 1 is 1.38 bits per heavy atom. The molecule has 0 bridgehead atoms. The Hall–Kier alpha value is -0.960. The monoisotopic (exact) mass is 219 g/mol. The van der Waals surface area contributed by atoms with E-state index >= 15 is 0 Å². The molecule has 88 valence electrons. The first kappa shape index (κ1) is 11.5. The number of rotatable bonds is 5. The van der Waals surface area contributed by atoms with Crippen LogP contribution in [0.15, 0.2) is 18.5 Å². The summed E-state index contributed by atoms with van der Waals surface area (Å²) in [5.74, 6) is 0.900. The Bertz CT molecular complexity index is 293. The fraction of sp³-hybridized carbons (Fsp3) is 0.692. The van der Waals surface area contributed by atoms with Gasteiger partial charge < -0.3 is 5.32 Å². The minimum atomic E-state index is 0.462. The predicted molar refractivity (Wildman–Crippen MR) is 65.0 cm³/mol. The van der Waals surface area contributed by atoms with Crippen molar-refractivity contribution in [3.05, 3.63) is 24.0 Å². The van der Waals surface area contributed by atoms with E-state index in [2.05, 4.69) is 28.5 Å². The lowest BCUT2D eigenvalue weighted by molar-refractivity contribution is 0.399. The number of aromatic nitrogens is 2. The van der Waals surface area contributed by atoms with Crippen LogP contribution in [-0.2, 0) is 0 Å². The molecule has 0 aliphatic heterocycles. The van der Waals surface area contributed by atoms with Crippen LogP contribution in [-0.4, -0.2) is 16.7 Å². The molecular formula is C13H21N3. The average Bonchev–Trinajstić information content (AvgIpc) is 2.83. The van der Waals surface area contributed by atoms with E-state index in [0.717, 1.165) is 12.5 Å². The number of hydrogen-bond donors (Lipinski definition) is 1. The van der Waals surface area contributed by atoms with Gasteiger partial charge in [0.15, 0.2) is 0 Å². The second-order valence-electron chi connectivity index (χ2n) is 4.67. The van der Waals surface area contributed by atoms with E-state index in [0.29, 0.717) is 6.04 Å². The van der Waals surface area contributed by atoms with E-state index in [1.807, 2.05) is 6.20 Å². The normalized spacial score (nSPS) is 18.8. The molecule has 2 rings (SSSR count). The Kier molecular flexibility index (Phi) is 4.28. The molecular weight excluding hydrogens is 198 g/mol. The minimum absolute atomic E-state index is 0.462. The van der Waals surface area contributed by atoms with Crippen LogP contribution in [0.1, 0.15) is 50.6 Å². The van der Waals surface area contributed by atoms with Crippen LogP contribution >= 0.6 is 0 Å². The van der Waals surface area contributed by atoms with Crippen molar-refractivity contribution in [2.45, 2.75) is 45.1 Å². The fourth-order valence-corrected chi connectivity index (χ4v) is 2.67. The molecule has 0 radical (unpaired) electrons. The van der Waals surface area contributed by atoms with Crippen molar-refractivity contribution in [2.24, 2.45) is 5.92 Å². The highest BCUT2D eigenvalue weighted by molar-refractivity contribution is 5.11. The summed E-state index contributed by atoms with van der Waals surface area (Å²) in [6.07, 6.45) is 10.6. The van der Waals surface area contributed by atoms with Crippen molar-refractivity contribution in [1.82, 2.24) is 15.5 Å². The van der Waals surface area contributed by atoms with Crippen LogP contribution in [0.2, 0.25) is 0 Å². The lowest BCUT2D eigenvalue weighted by atomic mass is 9.94. The van der Waals surface area contributed by atoms with Crippen molar-refractivity contribution < 1.29 is 0 Å². The second-order valence-corrected chi connectivity index (χ2v) is 4.67. The van der Waals surface area contributed by atoms with Gasteiger partial charge in [0.2, 0.25) is 0 Å². The van der Waals surface area contributed by atoms with E-state index in [9.17, 15) is 0 Å². The molecule has 0 aromatic carbocycles. The lowest BCUT2D eigenvalue weighted by Crippen LogP contribution is -2.23. The van der Waals surface area contributed by atoms with Gasteiger partial charge in [-0.1, -0.05) is 32.6 Å². The standard InChI is InChI=1S/C13H21N3/c1-2-14-13(9-11-5-3-4-6-11)12-7-8-15-16-10-12/h7-8,10-11,13-14H,2-6,9H2,1H3. The molecule has 1 heterocycles. The van der Waals surface area contributed by atoms with E-state index in [1.165, 1.54) is 37.7 Å². The molecule has 3 heteroatoms. The zero-order valence-electron chi connectivity index (χ0n) is 10.0. The maximum atomic E-state index is 3.97. The van der Waals surface area contributed by atoms with Crippen molar-refractivity contribution in [3.63, 3.8) is 0 Å². The van der Waals surface area contributed by atoms with Crippen molar-refractivity contribution in [2.75, 3.05) is 6.54 Å². The molecule has 0 amide bonds. The third-order valence-corrected chi connectivity index (χ3v) is 3.50. The maximum Gasteiger partial charge on any atom is 0.0544 e. The predicted octanol–water partition coefficient (Wildman–Crippen LogP) is 2.71. The van der Waals surface area contributed by atoms with Crippen molar-refractivity contribution in [1.29, 1.82) is 0 Å². The third kappa shape index (κ3) is 3.01. The number of nitrogens with zero attached hydrogens (tertiary/aromatic N) is 2. The van der Waals surface area contributed by atoms with E-state index < -0.39 is 0 Å². The quantitative estimate of drug-likeness (QED) is 0.827. The Balaban J connectivity index is 1.99. The van der Waals surface area contributed by atoms with Crippen LogP contribution in [0.4, 0.5) is 0 Å². The molecule has 0 spiro atoms. The number of hydrogen-bond acceptors (Lipinski definition) is 3. The Labute approximate surface area is 97.7 Å². The van der Waals surface area contributed by atoms with Gasteiger partial charge >= 0.3 is 0 Å². The smallest absolute Gasteiger partial charge is 0.0544 e. The van der Waals surface area contributed by atoms with E-state index in [1.54, 1.807) is 6.20 Å². The van der Waals surface area contributed by atoms with Gasteiger partial charge in [-0.15, -0.1) is 0 Å². The Morgan fingerprint density at radius 2 is 2.19 bits per heavy atom. The molecule has 0 saturated heterocycles. The number of nitrogens with one attached hydrogen (secondary N) is 1. The summed E-state index contributed by atoms with van der Waals surface area (Å²) < 4.78 is 0. The van der Waals surface area contributed by atoms with E-state index in [4.69, 9.17) is 0 Å². The maximum absolute atomic E-state index is 3.97. The molecule has 3 nitrogen and oxygen atoms in total. The van der Waals surface area contributed by atoms with E-state index in [-0.39, 0.29) is 0 Å². The molecule has 1 unspecified atom stereocenters. The molecule has 1 saturated carbocycles. The first-order chi connectivity index (χ1) is 7.90. The molecule has 1 atom stereocenters. The Morgan fingerprint density at radius 3 is 2.81 bits per heavy atom. The summed E-state index contributed by atoms with van der Waals surface area (Å²) in [7, 11) is 0. The van der Waals surface area contributed by atoms with Gasteiger partial charge in [0, 0.05) is 12.2 Å². The first-order valence-electron chi connectivity index (χ1n) is 6.40. The highest BCUT2D eigenvalue weighted by atomic mass is 15.1. The summed E-state index contributed by atoms with van der Waals surface area (Å²) in [6.45, 7) is 3.18. The molecule has 16 heavy (non-hydrogen) atoms. The molecule has 1 aromatic heterocycles. The van der Waals surface area contributed by atoms with Crippen LogP contribution in [0.5, 0.6) is 0 Å². The van der Waals surface area contributed by atoms with Crippen molar-refractivity contribution in [3.8, 4) is 0 Å². The minimum Gasteiger partial charge on any atom is -0.310 e. The van der Waals surface area contributed by atoms with Crippen LogP contribution in [0.25, 0.3) is 0 Å². The van der Waals surface area contributed by atoms with Gasteiger partial charge in [-0.2, -0.15) is 10.2 Å². The highest BCUT2D eigenvalue weighted by Gasteiger charge is 2.20. The first-order valence-corrected chi connectivity index (χ1v) is 6.40. The summed E-state index contributed by atoms with van der Waals surface area (Å²) in [5, 5.41) is 11.4. The van der Waals surface area contributed by atoms with Crippen LogP contribution < -0.4 is 5.32 Å². The summed E-state index contributed by atoms with van der Waals surface area (Å²) in [5.41, 5.74) is 1.28. The second kappa shape index (κ2) is 5.94. The summed E-state index contributed by atoms with van der Waals surface area (Å²) >= 11 is 0.